The first-order valence-corrected chi connectivity index (χ1v) is 6.63. The second-order valence-electron chi connectivity index (χ2n) is 4.29. The molecule has 1 aliphatic rings. The van der Waals surface area contributed by atoms with E-state index in [9.17, 15) is 4.39 Å². The van der Waals surface area contributed by atoms with Crippen LogP contribution in [0, 0.1) is 5.82 Å². The summed E-state index contributed by atoms with van der Waals surface area (Å²) in [5.41, 5.74) is 5.90. The Bertz CT molecular complexity index is 600. The molecule has 0 bridgehead atoms. The minimum absolute atomic E-state index is 0.246. The Labute approximate surface area is 118 Å². The molecule has 0 fully saturated rings. The van der Waals surface area contributed by atoms with E-state index in [4.69, 9.17) is 0 Å². The molecule has 0 amide bonds. The fourth-order valence-corrected chi connectivity index (χ4v) is 2.83. The second kappa shape index (κ2) is 4.17. The van der Waals surface area contributed by atoms with E-state index in [2.05, 4.69) is 39.9 Å². The number of nitrogens with one attached hydrogen (secondary N) is 1. The molecule has 0 aliphatic carbocycles. The quantitative estimate of drug-likeness (QED) is 0.482. The van der Waals surface area contributed by atoms with Gasteiger partial charge in [0.2, 0.25) is 0 Å². The number of hydrogen-bond acceptors (Lipinski definition) is 3. The third-order valence-corrected chi connectivity index (χ3v) is 3.79. The van der Waals surface area contributed by atoms with Gasteiger partial charge in [0.25, 0.3) is 0 Å². The summed E-state index contributed by atoms with van der Waals surface area (Å²) in [4.78, 5) is 3.78. The lowest BCUT2D eigenvalue weighted by molar-refractivity contribution is 0.578. The van der Waals surface area contributed by atoms with Gasteiger partial charge in [0, 0.05) is 11.8 Å². The molecule has 3 rings (SSSR count). The lowest BCUT2D eigenvalue weighted by atomic mass is 10.1. The van der Waals surface area contributed by atoms with Gasteiger partial charge in [-0.15, -0.1) is 0 Å². The summed E-state index contributed by atoms with van der Waals surface area (Å²) in [6.07, 6.45) is 2.81. The van der Waals surface area contributed by atoms with E-state index in [-0.39, 0.29) is 9.36 Å². The number of halogens is 2. The molecule has 2 aromatic rings. The zero-order chi connectivity index (χ0) is 12.8. The van der Waals surface area contributed by atoms with Crippen molar-refractivity contribution in [3.63, 3.8) is 0 Å². The molecule has 0 radical (unpaired) electrons. The van der Waals surface area contributed by atoms with Gasteiger partial charge in [0.15, 0.2) is 5.82 Å². The maximum atomic E-state index is 13.8. The number of hydrogen-bond donors (Lipinski definition) is 1. The van der Waals surface area contributed by atoms with Crippen molar-refractivity contribution in [2.45, 2.75) is 10.5 Å². The molecule has 1 N–H and O–H groups in total. The molecule has 1 aromatic heterocycles. The van der Waals surface area contributed by atoms with Gasteiger partial charge in [-0.1, -0.05) is 40.8 Å². The number of fused-ring (bicyclic) bond motifs is 1. The summed E-state index contributed by atoms with van der Waals surface area (Å²) >= 11 is 2.32. The minimum Gasteiger partial charge on any atom is -0.272 e. The van der Waals surface area contributed by atoms with Crippen LogP contribution in [0.1, 0.15) is 12.5 Å². The molecule has 0 saturated heterocycles. The molecule has 5 heteroatoms. The highest BCUT2D eigenvalue weighted by Crippen LogP contribution is 2.44. The van der Waals surface area contributed by atoms with Crippen LogP contribution in [0.3, 0.4) is 0 Å². The van der Waals surface area contributed by atoms with Crippen molar-refractivity contribution in [3.05, 3.63) is 54.1 Å². The smallest absolute Gasteiger partial charge is 0.166 e. The summed E-state index contributed by atoms with van der Waals surface area (Å²) in [5, 5.41) is 1.78. The Morgan fingerprint density at radius 3 is 2.83 bits per heavy atom. The van der Waals surface area contributed by atoms with Gasteiger partial charge in [-0.25, -0.2) is 9.82 Å². The highest BCUT2D eigenvalue weighted by atomic mass is 127. The normalized spacial score (nSPS) is 22.1. The standard InChI is InChI=1S/C13H11FIN3/c1-13(15)9-4-2-3-5-11(9)18(17-13)12-6-7-16-8-10(12)14/h2-8,17H,1H3. The first kappa shape index (κ1) is 11.9. The largest absolute Gasteiger partial charge is 0.272 e. The van der Waals surface area contributed by atoms with E-state index in [1.54, 1.807) is 17.3 Å². The van der Waals surface area contributed by atoms with Crippen LogP contribution in [0.5, 0.6) is 0 Å². The van der Waals surface area contributed by atoms with Crippen molar-refractivity contribution in [1.29, 1.82) is 0 Å². The Kier molecular flexibility index (Phi) is 2.74. The summed E-state index contributed by atoms with van der Waals surface area (Å²) in [7, 11) is 0. The van der Waals surface area contributed by atoms with Gasteiger partial charge in [-0.05, 0) is 19.1 Å². The number of rotatable bonds is 1. The summed E-state index contributed by atoms with van der Waals surface area (Å²) in [6, 6.07) is 9.63. The monoisotopic (exact) mass is 355 g/mol. The highest BCUT2D eigenvalue weighted by Gasteiger charge is 2.37. The molecular formula is C13H11FIN3. The Hall–Kier alpha value is -1.21. The highest BCUT2D eigenvalue weighted by molar-refractivity contribution is 14.1. The SMILES string of the molecule is CC1(I)NN(c2ccncc2F)c2ccccc21. The number of nitrogens with zero attached hydrogens (tertiary/aromatic N) is 2. The number of para-hydroxylation sites is 1. The number of anilines is 2. The molecule has 1 unspecified atom stereocenters. The number of aromatic nitrogens is 1. The van der Waals surface area contributed by atoms with Gasteiger partial charge in [0.05, 0.1) is 17.6 Å². The average Bonchev–Trinajstić information content (AvgIpc) is 2.63. The zero-order valence-electron chi connectivity index (χ0n) is 9.69. The van der Waals surface area contributed by atoms with Crippen molar-refractivity contribution in [2.75, 3.05) is 5.01 Å². The number of hydrazine groups is 1. The Balaban J connectivity index is 2.15. The van der Waals surface area contributed by atoms with Crippen LogP contribution in [-0.4, -0.2) is 4.98 Å². The van der Waals surface area contributed by atoms with Crippen LogP contribution in [0.25, 0.3) is 0 Å². The fraction of sp³-hybridized carbons (Fsp3) is 0.154. The van der Waals surface area contributed by atoms with Gasteiger partial charge in [0.1, 0.15) is 3.55 Å². The Morgan fingerprint density at radius 1 is 1.28 bits per heavy atom. The fourth-order valence-electron chi connectivity index (χ4n) is 2.14. The van der Waals surface area contributed by atoms with E-state index in [1.807, 2.05) is 24.3 Å². The molecular weight excluding hydrogens is 344 g/mol. The van der Waals surface area contributed by atoms with Crippen molar-refractivity contribution < 1.29 is 4.39 Å². The van der Waals surface area contributed by atoms with E-state index in [1.165, 1.54) is 6.20 Å². The van der Waals surface area contributed by atoms with Crippen LogP contribution in [0.15, 0.2) is 42.7 Å². The molecule has 0 saturated carbocycles. The zero-order valence-corrected chi connectivity index (χ0v) is 11.8. The van der Waals surface area contributed by atoms with Gasteiger partial charge in [-0.2, -0.15) is 0 Å². The van der Waals surface area contributed by atoms with Crippen LogP contribution in [0.4, 0.5) is 15.8 Å². The number of alkyl halides is 1. The van der Waals surface area contributed by atoms with Crippen molar-refractivity contribution >= 4 is 34.0 Å². The lowest BCUT2D eigenvalue weighted by Gasteiger charge is -2.23. The average molecular weight is 355 g/mol. The first-order chi connectivity index (χ1) is 8.59. The van der Waals surface area contributed by atoms with Gasteiger partial charge < -0.3 is 0 Å². The number of pyridine rings is 1. The molecule has 18 heavy (non-hydrogen) atoms. The predicted octanol–water partition coefficient (Wildman–Crippen LogP) is 3.48. The van der Waals surface area contributed by atoms with Gasteiger partial charge >= 0.3 is 0 Å². The third kappa shape index (κ3) is 1.78. The molecule has 1 aliphatic heterocycles. The summed E-state index contributed by atoms with van der Waals surface area (Å²) in [5.74, 6) is -0.339. The first-order valence-electron chi connectivity index (χ1n) is 5.55. The summed E-state index contributed by atoms with van der Waals surface area (Å²) in [6.45, 7) is 2.06. The molecule has 0 spiro atoms. The van der Waals surface area contributed by atoms with E-state index < -0.39 is 0 Å². The molecule has 92 valence electrons. The maximum Gasteiger partial charge on any atom is 0.166 e. The molecule has 2 heterocycles. The van der Waals surface area contributed by atoms with Crippen LogP contribution >= 0.6 is 22.6 Å². The minimum atomic E-state index is -0.339. The number of benzene rings is 1. The van der Waals surface area contributed by atoms with E-state index >= 15 is 0 Å². The van der Waals surface area contributed by atoms with Crippen molar-refractivity contribution in [3.8, 4) is 0 Å². The Morgan fingerprint density at radius 2 is 2.06 bits per heavy atom. The topological polar surface area (TPSA) is 28.2 Å². The van der Waals surface area contributed by atoms with E-state index in [0.717, 1.165) is 11.3 Å². The van der Waals surface area contributed by atoms with Gasteiger partial charge in [-0.3, -0.25) is 9.99 Å². The maximum absolute atomic E-state index is 13.8. The van der Waals surface area contributed by atoms with Crippen LogP contribution < -0.4 is 10.4 Å². The summed E-state index contributed by atoms with van der Waals surface area (Å²) < 4.78 is 13.6. The second-order valence-corrected chi connectivity index (χ2v) is 6.45. The van der Waals surface area contributed by atoms with E-state index in [0.29, 0.717) is 5.69 Å². The van der Waals surface area contributed by atoms with Crippen molar-refractivity contribution in [1.82, 2.24) is 10.4 Å². The third-order valence-electron chi connectivity index (χ3n) is 2.96. The predicted molar refractivity (Wildman–Crippen MR) is 77.3 cm³/mol. The molecule has 1 aromatic carbocycles. The molecule has 3 nitrogen and oxygen atoms in total. The van der Waals surface area contributed by atoms with Crippen LogP contribution in [-0.2, 0) is 3.55 Å². The van der Waals surface area contributed by atoms with Crippen molar-refractivity contribution in [2.24, 2.45) is 0 Å². The lowest BCUT2D eigenvalue weighted by Crippen LogP contribution is -2.37. The van der Waals surface area contributed by atoms with Crippen LogP contribution in [0.2, 0.25) is 0 Å². The molecule has 1 atom stereocenters.